The van der Waals surface area contributed by atoms with Gasteiger partial charge in [0.1, 0.15) is 18.3 Å². The fourth-order valence-corrected chi connectivity index (χ4v) is 6.14. The summed E-state index contributed by atoms with van der Waals surface area (Å²) in [7, 11) is 0. The Morgan fingerprint density at radius 2 is 1.62 bits per heavy atom. The summed E-state index contributed by atoms with van der Waals surface area (Å²) >= 11 is 1.61. The van der Waals surface area contributed by atoms with Crippen LogP contribution < -0.4 is 16.0 Å². The largest absolute Gasteiger partial charge is 0.387 e. The highest BCUT2D eigenvalue weighted by molar-refractivity contribution is 8.14. The Hall–Kier alpha value is -1.44. The fraction of sp³-hybridized carbons (Fsp3) is 0.893. The van der Waals surface area contributed by atoms with Crippen LogP contribution in [0.3, 0.4) is 0 Å². The second-order valence-corrected chi connectivity index (χ2v) is 12.3. The molecule has 3 aliphatic rings. The maximum Gasteiger partial charge on any atom is 0.220 e. The van der Waals surface area contributed by atoms with Crippen molar-refractivity contribution in [2.24, 2.45) is 4.99 Å². The molecular formula is C28H51N5O6S. The van der Waals surface area contributed by atoms with E-state index >= 15 is 0 Å². The Labute approximate surface area is 243 Å². The number of nitrogens with one attached hydrogen (secondary N) is 3. The average Bonchev–Trinajstić information content (AvgIpc) is 3.57. The molecule has 0 aliphatic carbocycles. The maximum absolute atomic E-state index is 12.1. The van der Waals surface area contributed by atoms with Crippen molar-refractivity contribution >= 4 is 28.7 Å². The molecule has 0 aromatic carbocycles. The summed E-state index contributed by atoms with van der Waals surface area (Å²) in [5.41, 5.74) is 0. The van der Waals surface area contributed by atoms with Crippen LogP contribution in [0.2, 0.25) is 0 Å². The first kappa shape index (κ1) is 33.1. The maximum atomic E-state index is 12.1. The molecule has 0 aromatic rings. The van der Waals surface area contributed by atoms with Crippen LogP contribution in [0.5, 0.6) is 0 Å². The van der Waals surface area contributed by atoms with E-state index in [2.05, 4.69) is 34.7 Å². The molecule has 40 heavy (non-hydrogen) atoms. The van der Waals surface area contributed by atoms with Crippen molar-refractivity contribution in [1.82, 2.24) is 20.9 Å². The lowest BCUT2D eigenvalue weighted by atomic mass is 10.1. The summed E-state index contributed by atoms with van der Waals surface area (Å²) in [5.74, 6) is 0.166. The van der Waals surface area contributed by atoms with Crippen molar-refractivity contribution in [3.05, 3.63) is 0 Å². The van der Waals surface area contributed by atoms with Gasteiger partial charge in [-0.15, -0.1) is 0 Å². The van der Waals surface area contributed by atoms with E-state index in [9.17, 15) is 14.7 Å². The van der Waals surface area contributed by atoms with E-state index in [1.54, 1.807) is 11.8 Å². The van der Waals surface area contributed by atoms with Crippen molar-refractivity contribution in [1.29, 1.82) is 0 Å². The van der Waals surface area contributed by atoms with Gasteiger partial charge in [0.15, 0.2) is 17.2 Å². The van der Waals surface area contributed by atoms with Gasteiger partial charge in [0.25, 0.3) is 0 Å². The molecule has 0 bridgehead atoms. The zero-order chi connectivity index (χ0) is 29.0. The van der Waals surface area contributed by atoms with E-state index in [0.29, 0.717) is 52.1 Å². The Balaban J connectivity index is 1.42. The highest BCUT2D eigenvalue weighted by Gasteiger charge is 2.56. The lowest BCUT2D eigenvalue weighted by Gasteiger charge is -2.26. The SMILES string of the molecule is CCCCCC(=O)NCCN(CCN=C1N[C@@H]([C@H]2O[C@@H]3OC(C)(C)O[C@@H]3[C@H]2O)CS1)CCNC(=O)CCCCC. The lowest BCUT2D eigenvalue weighted by Crippen LogP contribution is -2.47. The zero-order valence-corrected chi connectivity index (χ0v) is 25.6. The molecule has 3 fully saturated rings. The van der Waals surface area contributed by atoms with Gasteiger partial charge >= 0.3 is 0 Å². The van der Waals surface area contributed by atoms with E-state index in [4.69, 9.17) is 19.2 Å². The van der Waals surface area contributed by atoms with Crippen LogP contribution in [0, 0.1) is 0 Å². The molecule has 0 unspecified atom stereocenters. The number of carbonyl (C=O) groups excluding carboxylic acids is 2. The number of aliphatic hydroxyl groups excluding tert-OH is 1. The van der Waals surface area contributed by atoms with Crippen LogP contribution in [0.15, 0.2) is 4.99 Å². The number of ether oxygens (including phenoxy) is 3. The van der Waals surface area contributed by atoms with E-state index < -0.39 is 30.4 Å². The predicted molar refractivity (Wildman–Crippen MR) is 157 cm³/mol. The van der Waals surface area contributed by atoms with E-state index in [1.165, 1.54) is 0 Å². The van der Waals surface area contributed by atoms with Gasteiger partial charge in [0.05, 0.1) is 12.6 Å². The number of fused-ring (bicyclic) bond motifs is 1. The summed E-state index contributed by atoms with van der Waals surface area (Å²) in [6.45, 7) is 11.7. The van der Waals surface area contributed by atoms with Gasteiger partial charge in [-0.2, -0.15) is 0 Å². The molecule has 5 atom stereocenters. The molecule has 3 saturated heterocycles. The van der Waals surface area contributed by atoms with Gasteiger partial charge in [-0.25, -0.2) is 0 Å². The number of aliphatic hydroxyl groups is 1. The first-order valence-electron chi connectivity index (χ1n) is 15.1. The number of aliphatic imine (C=N–C) groups is 1. The third kappa shape index (κ3) is 10.8. The molecule has 4 N–H and O–H groups in total. The molecule has 2 amide bonds. The summed E-state index contributed by atoms with van der Waals surface area (Å²) in [4.78, 5) is 31.2. The second-order valence-electron chi connectivity index (χ2n) is 11.3. The van der Waals surface area contributed by atoms with Crippen molar-refractivity contribution < 1.29 is 28.9 Å². The Kier molecular flexibility index (Phi) is 13.9. The van der Waals surface area contributed by atoms with Crippen LogP contribution in [0.1, 0.15) is 79.1 Å². The van der Waals surface area contributed by atoms with E-state index in [0.717, 1.165) is 49.4 Å². The molecule has 0 spiro atoms. The minimum Gasteiger partial charge on any atom is -0.387 e. The normalized spacial score (nSPS) is 28.1. The third-order valence-corrected chi connectivity index (χ3v) is 8.39. The summed E-state index contributed by atoms with van der Waals surface area (Å²) < 4.78 is 17.6. The van der Waals surface area contributed by atoms with Gasteiger partial charge in [0.2, 0.25) is 11.8 Å². The van der Waals surface area contributed by atoms with Gasteiger partial charge < -0.3 is 35.3 Å². The minimum absolute atomic E-state index is 0.0818. The topological polar surface area (TPSA) is 134 Å². The van der Waals surface area contributed by atoms with Crippen LogP contribution in [0.4, 0.5) is 0 Å². The lowest BCUT2D eigenvalue weighted by molar-refractivity contribution is -0.216. The first-order chi connectivity index (χ1) is 19.2. The minimum atomic E-state index is -0.769. The fourth-order valence-electron chi connectivity index (χ4n) is 5.11. The van der Waals surface area contributed by atoms with E-state index in [1.807, 2.05) is 13.8 Å². The molecule has 0 aromatic heterocycles. The van der Waals surface area contributed by atoms with Crippen molar-refractivity contribution in [2.75, 3.05) is 45.0 Å². The number of nitrogens with zero attached hydrogens (tertiary/aromatic N) is 2. The van der Waals surface area contributed by atoms with Crippen LogP contribution >= 0.6 is 11.8 Å². The molecule has 11 nitrogen and oxygen atoms in total. The number of carbonyl (C=O) groups is 2. The number of hydrogen-bond acceptors (Lipinski definition) is 9. The smallest absolute Gasteiger partial charge is 0.220 e. The Morgan fingerprint density at radius 3 is 2.20 bits per heavy atom. The quantitative estimate of drug-likeness (QED) is 0.178. The number of amidine groups is 1. The van der Waals surface area contributed by atoms with Crippen molar-refractivity contribution in [3.8, 4) is 0 Å². The Bertz CT molecular complexity index is 803. The van der Waals surface area contributed by atoms with Gasteiger partial charge in [0, 0.05) is 51.3 Å². The Morgan fingerprint density at radius 1 is 1.00 bits per heavy atom. The van der Waals surface area contributed by atoms with Gasteiger partial charge in [-0.1, -0.05) is 51.3 Å². The number of rotatable bonds is 18. The highest BCUT2D eigenvalue weighted by atomic mass is 32.2. The van der Waals surface area contributed by atoms with Crippen LogP contribution in [0.25, 0.3) is 0 Å². The number of amides is 2. The summed E-state index contributed by atoms with van der Waals surface area (Å²) in [6, 6.07) is -0.0818. The van der Waals surface area contributed by atoms with E-state index in [-0.39, 0.29) is 17.9 Å². The molecule has 12 heteroatoms. The van der Waals surface area contributed by atoms with Crippen LogP contribution in [-0.4, -0.2) is 108 Å². The number of unbranched alkanes of at least 4 members (excludes halogenated alkanes) is 4. The first-order valence-corrected chi connectivity index (χ1v) is 16.1. The van der Waals surface area contributed by atoms with Gasteiger partial charge in [-0.3, -0.25) is 19.5 Å². The highest BCUT2D eigenvalue weighted by Crippen LogP contribution is 2.39. The molecule has 0 radical (unpaired) electrons. The molecule has 0 saturated carbocycles. The average molecular weight is 586 g/mol. The number of hydrogen-bond donors (Lipinski definition) is 4. The molecule has 3 heterocycles. The predicted octanol–water partition coefficient (Wildman–Crippen LogP) is 1.98. The molecular weight excluding hydrogens is 534 g/mol. The van der Waals surface area contributed by atoms with Crippen molar-refractivity contribution in [3.63, 3.8) is 0 Å². The summed E-state index contributed by atoms with van der Waals surface area (Å²) in [5, 5.41) is 21.0. The number of thioether (sulfide) groups is 1. The van der Waals surface area contributed by atoms with Gasteiger partial charge in [-0.05, 0) is 26.7 Å². The van der Waals surface area contributed by atoms with Crippen molar-refractivity contribution in [2.45, 2.75) is 115 Å². The van der Waals surface area contributed by atoms with Crippen LogP contribution in [-0.2, 0) is 23.8 Å². The third-order valence-electron chi connectivity index (χ3n) is 7.34. The second kappa shape index (κ2) is 16.9. The standard InChI is InChI=1S/C28H51N5O6S/c1-5-7-9-11-21(34)29-13-16-33(17-14-30-22(35)12-10-8-6-2)18-15-31-27-32-20(19-40-27)24-23(36)25-26(37-24)39-28(3,4)38-25/h20,23-26,36H,5-19H2,1-4H3,(H,29,34)(H,30,35)(H,31,32)/t20-,23+,24-,25-,26-/m1/s1. The summed E-state index contributed by atoms with van der Waals surface area (Å²) in [6.07, 6.45) is 5.05. The molecule has 230 valence electrons. The monoisotopic (exact) mass is 585 g/mol. The zero-order valence-electron chi connectivity index (χ0n) is 24.8. The molecule has 3 rings (SSSR count). The molecule has 3 aliphatic heterocycles.